The van der Waals surface area contributed by atoms with Crippen LogP contribution < -0.4 is 5.32 Å². The molecule has 0 saturated carbocycles. The number of rotatable bonds is 6. The summed E-state index contributed by atoms with van der Waals surface area (Å²) in [5.74, 6) is -0.735. The minimum atomic E-state index is -1.02. The van der Waals surface area contributed by atoms with Crippen LogP contribution in [0, 0.1) is 0 Å². The van der Waals surface area contributed by atoms with Crippen molar-refractivity contribution in [2.75, 3.05) is 12.0 Å². The molecule has 0 unspecified atom stereocenters. The molecule has 0 spiro atoms. The molecule has 106 valence electrons. The van der Waals surface area contributed by atoms with Crippen LogP contribution in [-0.4, -0.2) is 45.2 Å². The molecule has 2 aromatic rings. The Balaban J connectivity index is 2.10. The number of nitrogens with one attached hydrogen (secondary N) is 2. The van der Waals surface area contributed by atoms with Crippen molar-refractivity contribution in [3.8, 4) is 0 Å². The Morgan fingerprint density at radius 3 is 3.00 bits per heavy atom. The molecule has 1 aromatic heterocycles. The van der Waals surface area contributed by atoms with E-state index in [2.05, 4.69) is 15.5 Å². The number of amides is 1. The number of nitrogens with zero attached hydrogens (tertiary/aromatic N) is 1. The first kappa shape index (κ1) is 14.4. The number of aromatic amines is 1. The van der Waals surface area contributed by atoms with Crippen LogP contribution in [0.1, 0.15) is 16.8 Å². The molecular weight excluding hydrogens is 278 g/mol. The van der Waals surface area contributed by atoms with Crippen LogP contribution >= 0.6 is 11.8 Å². The van der Waals surface area contributed by atoms with Gasteiger partial charge in [0.15, 0.2) is 0 Å². The molecule has 0 fully saturated rings. The van der Waals surface area contributed by atoms with Crippen LogP contribution in [0.3, 0.4) is 0 Å². The van der Waals surface area contributed by atoms with Gasteiger partial charge in [-0.05, 0) is 30.6 Å². The molecule has 0 radical (unpaired) electrons. The number of H-pyrrole nitrogens is 1. The summed E-state index contributed by atoms with van der Waals surface area (Å²) in [5, 5.41) is 19.2. The SMILES string of the molecule is CSCC[C@@H](NC(=O)c1ccc2cn[nH]c2c1)C(=O)O. The van der Waals surface area contributed by atoms with E-state index in [1.807, 2.05) is 6.26 Å². The number of carbonyl (C=O) groups is 2. The molecule has 6 nitrogen and oxygen atoms in total. The van der Waals surface area contributed by atoms with E-state index in [4.69, 9.17) is 5.11 Å². The highest BCUT2D eigenvalue weighted by atomic mass is 32.2. The van der Waals surface area contributed by atoms with Gasteiger partial charge < -0.3 is 10.4 Å². The summed E-state index contributed by atoms with van der Waals surface area (Å²) in [6.45, 7) is 0. The first-order valence-electron chi connectivity index (χ1n) is 6.07. The van der Waals surface area contributed by atoms with Gasteiger partial charge in [0.25, 0.3) is 5.91 Å². The number of fused-ring (bicyclic) bond motifs is 1. The van der Waals surface area contributed by atoms with Crippen molar-refractivity contribution in [1.29, 1.82) is 0 Å². The lowest BCUT2D eigenvalue weighted by Crippen LogP contribution is -2.41. The lowest BCUT2D eigenvalue weighted by atomic mass is 10.1. The summed E-state index contributed by atoms with van der Waals surface area (Å²) < 4.78 is 0. The number of aliphatic carboxylic acids is 1. The van der Waals surface area contributed by atoms with Crippen molar-refractivity contribution >= 4 is 34.5 Å². The van der Waals surface area contributed by atoms with Gasteiger partial charge in [0.05, 0.1) is 11.7 Å². The van der Waals surface area contributed by atoms with E-state index in [1.165, 1.54) is 0 Å². The number of carboxylic acids is 1. The fourth-order valence-electron chi connectivity index (χ4n) is 1.81. The molecule has 2 rings (SSSR count). The van der Waals surface area contributed by atoms with Gasteiger partial charge in [-0.15, -0.1) is 0 Å². The van der Waals surface area contributed by atoms with Gasteiger partial charge in [0.2, 0.25) is 0 Å². The molecule has 0 aliphatic carbocycles. The Kier molecular flexibility index (Phi) is 4.62. The maximum Gasteiger partial charge on any atom is 0.326 e. The van der Waals surface area contributed by atoms with Gasteiger partial charge in [-0.1, -0.05) is 6.07 Å². The number of hydrogen-bond donors (Lipinski definition) is 3. The molecule has 1 heterocycles. The molecule has 3 N–H and O–H groups in total. The standard InChI is InChI=1S/C13H15N3O3S/c1-20-5-4-10(13(18)19)15-12(17)8-2-3-9-7-14-16-11(9)6-8/h2-3,6-7,10H,4-5H2,1H3,(H,14,16)(H,15,17)(H,18,19)/t10-/m1/s1. The topological polar surface area (TPSA) is 95.1 Å². The lowest BCUT2D eigenvalue weighted by Gasteiger charge is -2.13. The molecule has 0 bridgehead atoms. The van der Waals surface area contributed by atoms with Crippen molar-refractivity contribution in [3.63, 3.8) is 0 Å². The maximum absolute atomic E-state index is 12.1. The number of aromatic nitrogens is 2. The van der Waals surface area contributed by atoms with Gasteiger partial charge in [0.1, 0.15) is 6.04 Å². The van der Waals surface area contributed by atoms with Crippen LogP contribution in [0.4, 0.5) is 0 Å². The summed E-state index contributed by atoms with van der Waals surface area (Å²) >= 11 is 1.55. The minimum Gasteiger partial charge on any atom is -0.480 e. The van der Waals surface area contributed by atoms with Gasteiger partial charge in [0, 0.05) is 10.9 Å². The third-order valence-corrected chi connectivity index (χ3v) is 3.56. The van der Waals surface area contributed by atoms with E-state index in [1.54, 1.807) is 36.2 Å². The first-order valence-corrected chi connectivity index (χ1v) is 7.47. The van der Waals surface area contributed by atoms with E-state index in [0.717, 1.165) is 10.9 Å². The number of hydrogen-bond acceptors (Lipinski definition) is 4. The van der Waals surface area contributed by atoms with Crippen molar-refractivity contribution in [1.82, 2.24) is 15.5 Å². The highest BCUT2D eigenvalue weighted by molar-refractivity contribution is 7.98. The molecule has 1 amide bonds. The van der Waals surface area contributed by atoms with Gasteiger partial charge in [-0.2, -0.15) is 16.9 Å². The molecule has 20 heavy (non-hydrogen) atoms. The Morgan fingerprint density at radius 1 is 1.50 bits per heavy atom. The van der Waals surface area contributed by atoms with E-state index in [0.29, 0.717) is 17.7 Å². The monoisotopic (exact) mass is 293 g/mol. The van der Waals surface area contributed by atoms with Crippen LogP contribution in [0.15, 0.2) is 24.4 Å². The third kappa shape index (κ3) is 3.30. The number of carbonyl (C=O) groups excluding carboxylic acids is 1. The normalized spacial score (nSPS) is 12.2. The summed E-state index contributed by atoms with van der Waals surface area (Å²) in [6.07, 6.45) is 3.96. The summed E-state index contributed by atoms with van der Waals surface area (Å²) in [5.41, 5.74) is 1.16. The molecule has 0 saturated heterocycles. The van der Waals surface area contributed by atoms with Gasteiger partial charge >= 0.3 is 5.97 Å². The predicted octanol–water partition coefficient (Wildman–Crippen LogP) is 1.50. The van der Waals surface area contributed by atoms with Crippen LogP contribution in [0.25, 0.3) is 10.9 Å². The van der Waals surface area contributed by atoms with Crippen molar-refractivity contribution in [3.05, 3.63) is 30.0 Å². The molecule has 1 aromatic carbocycles. The van der Waals surface area contributed by atoms with E-state index in [9.17, 15) is 9.59 Å². The average Bonchev–Trinajstić information content (AvgIpc) is 2.90. The van der Waals surface area contributed by atoms with Gasteiger partial charge in [-0.25, -0.2) is 4.79 Å². The Morgan fingerprint density at radius 2 is 2.30 bits per heavy atom. The van der Waals surface area contributed by atoms with E-state index >= 15 is 0 Å². The van der Waals surface area contributed by atoms with Crippen LogP contribution in [-0.2, 0) is 4.79 Å². The largest absolute Gasteiger partial charge is 0.480 e. The molecule has 0 aliphatic heterocycles. The highest BCUT2D eigenvalue weighted by Gasteiger charge is 2.20. The fraction of sp³-hybridized carbons (Fsp3) is 0.308. The summed E-state index contributed by atoms with van der Waals surface area (Å²) in [7, 11) is 0. The van der Waals surface area contributed by atoms with Crippen LogP contribution in [0.2, 0.25) is 0 Å². The Bertz CT molecular complexity index is 626. The second-order valence-corrected chi connectivity index (χ2v) is 5.30. The Hall–Kier alpha value is -2.02. The second-order valence-electron chi connectivity index (χ2n) is 4.32. The van der Waals surface area contributed by atoms with E-state index < -0.39 is 17.9 Å². The van der Waals surface area contributed by atoms with Crippen molar-refractivity contribution in [2.45, 2.75) is 12.5 Å². The van der Waals surface area contributed by atoms with Gasteiger partial charge in [-0.3, -0.25) is 9.89 Å². The zero-order valence-electron chi connectivity index (χ0n) is 10.9. The summed E-state index contributed by atoms with van der Waals surface area (Å²) in [4.78, 5) is 23.2. The molecular formula is C13H15N3O3S. The average molecular weight is 293 g/mol. The van der Waals surface area contributed by atoms with Crippen molar-refractivity contribution < 1.29 is 14.7 Å². The second kappa shape index (κ2) is 6.42. The lowest BCUT2D eigenvalue weighted by molar-refractivity contribution is -0.139. The highest BCUT2D eigenvalue weighted by Crippen LogP contribution is 2.13. The molecule has 1 atom stereocenters. The number of carboxylic acid groups (broad SMARTS) is 1. The quantitative estimate of drug-likeness (QED) is 0.750. The number of benzene rings is 1. The van der Waals surface area contributed by atoms with Crippen molar-refractivity contribution in [2.24, 2.45) is 0 Å². The fourth-order valence-corrected chi connectivity index (χ4v) is 2.28. The third-order valence-electron chi connectivity index (χ3n) is 2.92. The number of thioether (sulfide) groups is 1. The zero-order valence-corrected chi connectivity index (χ0v) is 11.7. The van der Waals surface area contributed by atoms with E-state index in [-0.39, 0.29) is 0 Å². The maximum atomic E-state index is 12.1. The summed E-state index contributed by atoms with van der Waals surface area (Å²) in [6, 6.07) is 4.21. The smallest absolute Gasteiger partial charge is 0.326 e. The molecule has 7 heteroatoms. The predicted molar refractivity (Wildman–Crippen MR) is 78.0 cm³/mol. The van der Waals surface area contributed by atoms with Crippen LogP contribution in [0.5, 0.6) is 0 Å². The minimum absolute atomic E-state index is 0.394. The first-order chi connectivity index (χ1) is 9.61. The Labute approximate surface area is 119 Å². The zero-order chi connectivity index (χ0) is 14.5. The molecule has 0 aliphatic rings.